The van der Waals surface area contributed by atoms with E-state index >= 15 is 0 Å². The first kappa shape index (κ1) is 15.4. The number of rotatable bonds is 3. The summed E-state index contributed by atoms with van der Waals surface area (Å²) >= 11 is 7.07. The first-order valence-electron chi connectivity index (χ1n) is 6.55. The van der Waals surface area contributed by atoms with Crippen molar-refractivity contribution in [3.05, 3.63) is 32.7 Å². The molecule has 3 unspecified atom stereocenters. The second-order valence-corrected chi connectivity index (χ2v) is 6.82. The third kappa shape index (κ3) is 3.58. The second-order valence-electron chi connectivity index (χ2n) is 5.11. The molecular weight excluding hydrogens is 372 g/mol. The molecule has 1 aliphatic heterocycles. The van der Waals surface area contributed by atoms with E-state index in [4.69, 9.17) is 10.5 Å². The molecule has 1 aliphatic rings. The van der Waals surface area contributed by atoms with Crippen molar-refractivity contribution in [1.82, 2.24) is 4.90 Å². The maximum Gasteiger partial charge on any atom is 0.0675 e. The molecular formula is C14H20Br2N2O. The van der Waals surface area contributed by atoms with E-state index in [9.17, 15) is 0 Å². The van der Waals surface area contributed by atoms with Gasteiger partial charge in [0.2, 0.25) is 0 Å². The fraction of sp³-hybridized carbons (Fsp3) is 0.571. The number of ether oxygens (including phenoxy) is 1. The van der Waals surface area contributed by atoms with E-state index in [2.05, 4.69) is 68.8 Å². The number of halogens is 2. The number of hydrogen-bond acceptors (Lipinski definition) is 3. The topological polar surface area (TPSA) is 38.5 Å². The number of benzene rings is 1. The van der Waals surface area contributed by atoms with Gasteiger partial charge in [-0.1, -0.05) is 6.07 Å². The van der Waals surface area contributed by atoms with E-state index in [1.807, 2.05) is 0 Å². The van der Waals surface area contributed by atoms with Gasteiger partial charge in [0.05, 0.1) is 12.7 Å². The van der Waals surface area contributed by atoms with Crippen LogP contribution >= 0.6 is 31.9 Å². The Morgan fingerprint density at radius 2 is 2.11 bits per heavy atom. The van der Waals surface area contributed by atoms with Crippen molar-refractivity contribution in [1.29, 1.82) is 0 Å². The Labute approximate surface area is 131 Å². The van der Waals surface area contributed by atoms with Crippen LogP contribution in [0.3, 0.4) is 0 Å². The largest absolute Gasteiger partial charge is 0.376 e. The Morgan fingerprint density at radius 1 is 1.37 bits per heavy atom. The van der Waals surface area contributed by atoms with Gasteiger partial charge in [-0.2, -0.15) is 0 Å². The minimum Gasteiger partial charge on any atom is -0.376 e. The van der Waals surface area contributed by atoms with E-state index in [0.29, 0.717) is 12.6 Å². The molecule has 2 N–H and O–H groups in total. The van der Waals surface area contributed by atoms with Crippen LogP contribution < -0.4 is 5.73 Å². The second kappa shape index (κ2) is 6.68. The maximum atomic E-state index is 6.02. The van der Waals surface area contributed by atoms with Gasteiger partial charge in [-0.15, -0.1) is 0 Å². The molecule has 0 bridgehead atoms. The first-order valence-corrected chi connectivity index (χ1v) is 8.14. The summed E-state index contributed by atoms with van der Waals surface area (Å²) in [5, 5.41) is 0. The average molecular weight is 392 g/mol. The van der Waals surface area contributed by atoms with Crippen LogP contribution in [0.1, 0.15) is 25.5 Å². The first-order chi connectivity index (χ1) is 9.02. The molecule has 5 heteroatoms. The van der Waals surface area contributed by atoms with Gasteiger partial charge in [0, 0.05) is 34.1 Å². The summed E-state index contributed by atoms with van der Waals surface area (Å²) in [5.41, 5.74) is 7.27. The Balaban J connectivity index is 2.25. The lowest BCUT2D eigenvalue weighted by Crippen LogP contribution is -2.50. The van der Waals surface area contributed by atoms with Gasteiger partial charge in [0.1, 0.15) is 0 Å². The summed E-state index contributed by atoms with van der Waals surface area (Å²) < 4.78 is 7.83. The van der Waals surface area contributed by atoms with E-state index < -0.39 is 0 Å². The van der Waals surface area contributed by atoms with E-state index in [0.717, 1.165) is 22.1 Å². The molecule has 0 spiro atoms. The van der Waals surface area contributed by atoms with Crippen LogP contribution in [0.15, 0.2) is 27.1 Å². The number of nitrogens with two attached hydrogens (primary N) is 1. The monoisotopic (exact) mass is 390 g/mol. The normalized spacial score (nSPS) is 26.4. The fourth-order valence-corrected chi connectivity index (χ4v) is 3.19. The Bertz CT molecular complexity index is 441. The molecule has 0 saturated carbocycles. The van der Waals surface area contributed by atoms with Crippen LogP contribution in [-0.4, -0.2) is 36.7 Å². The smallest absolute Gasteiger partial charge is 0.0675 e. The molecule has 19 heavy (non-hydrogen) atoms. The van der Waals surface area contributed by atoms with Crippen LogP contribution in [0, 0.1) is 0 Å². The molecule has 106 valence electrons. The van der Waals surface area contributed by atoms with Crippen molar-refractivity contribution in [3.63, 3.8) is 0 Å². The summed E-state index contributed by atoms with van der Waals surface area (Å²) in [6.07, 6.45) is 0.268. The fourth-order valence-electron chi connectivity index (χ4n) is 2.55. The Hall–Kier alpha value is 0.0600. The Morgan fingerprint density at radius 3 is 2.74 bits per heavy atom. The predicted molar refractivity (Wildman–Crippen MR) is 85.2 cm³/mol. The lowest BCUT2D eigenvalue weighted by Gasteiger charge is -2.41. The molecule has 3 nitrogen and oxygen atoms in total. The predicted octanol–water partition coefficient (Wildman–Crippen LogP) is 3.32. The number of morpholine rings is 1. The van der Waals surface area contributed by atoms with Crippen molar-refractivity contribution < 1.29 is 4.74 Å². The van der Waals surface area contributed by atoms with Crippen molar-refractivity contribution in [2.24, 2.45) is 5.73 Å². The van der Waals surface area contributed by atoms with Gasteiger partial charge in [0.25, 0.3) is 0 Å². The van der Waals surface area contributed by atoms with Gasteiger partial charge in [-0.25, -0.2) is 0 Å². The molecule has 0 aromatic heterocycles. The highest BCUT2D eigenvalue weighted by Gasteiger charge is 2.29. The molecule has 0 radical (unpaired) electrons. The van der Waals surface area contributed by atoms with Crippen LogP contribution in [0.25, 0.3) is 0 Å². The SMILES string of the molecule is CC1CN(C(CN)c2ccc(Br)c(Br)c2)C(C)CO1. The molecule has 1 fully saturated rings. The zero-order chi connectivity index (χ0) is 14.0. The van der Waals surface area contributed by atoms with E-state index in [-0.39, 0.29) is 12.1 Å². The molecule has 1 saturated heterocycles. The highest BCUT2D eigenvalue weighted by molar-refractivity contribution is 9.13. The van der Waals surface area contributed by atoms with Crippen LogP contribution in [0.2, 0.25) is 0 Å². The van der Waals surface area contributed by atoms with Crippen LogP contribution in [0.5, 0.6) is 0 Å². The van der Waals surface area contributed by atoms with Gasteiger partial charge < -0.3 is 10.5 Å². The summed E-state index contributed by atoms with van der Waals surface area (Å²) in [4.78, 5) is 2.45. The number of nitrogens with zero attached hydrogens (tertiary/aromatic N) is 1. The Kier molecular flexibility index (Phi) is 5.43. The molecule has 1 aromatic rings. The zero-order valence-corrected chi connectivity index (χ0v) is 14.4. The molecule has 3 atom stereocenters. The van der Waals surface area contributed by atoms with Gasteiger partial charge in [-0.3, -0.25) is 4.90 Å². The van der Waals surface area contributed by atoms with E-state index in [1.165, 1.54) is 5.56 Å². The summed E-state index contributed by atoms with van der Waals surface area (Å²) in [7, 11) is 0. The minimum absolute atomic E-state index is 0.241. The average Bonchev–Trinajstić information content (AvgIpc) is 2.38. The van der Waals surface area contributed by atoms with Crippen molar-refractivity contribution >= 4 is 31.9 Å². The van der Waals surface area contributed by atoms with Gasteiger partial charge in [-0.05, 0) is 63.4 Å². The zero-order valence-electron chi connectivity index (χ0n) is 11.3. The molecule has 0 amide bonds. The van der Waals surface area contributed by atoms with Crippen LogP contribution in [0.4, 0.5) is 0 Å². The quantitative estimate of drug-likeness (QED) is 0.858. The van der Waals surface area contributed by atoms with Crippen molar-refractivity contribution in [2.75, 3.05) is 19.7 Å². The summed E-state index contributed by atoms with van der Waals surface area (Å²) in [5.74, 6) is 0. The lowest BCUT2D eigenvalue weighted by atomic mass is 10.0. The lowest BCUT2D eigenvalue weighted by molar-refractivity contribution is -0.0654. The van der Waals surface area contributed by atoms with Gasteiger partial charge >= 0.3 is 0 Å². The van der Waals surface area contributed by atoms with Crippen LogP contribution in [-0.2, 0) is 4.74 Å². The molecule has 1 aromatic carbocycles. The minimum atomic E-state index is 0.241. The maximum absolute atomic E-state index is 6.02. The third-order valence-corrected chi connectivity index (χ3v) is 5.49. The summed E-state index contributed by atoms with van der Waals surface area (Å²) in [6, 6.07) is 6.99. The molecule has 0 aliphatic carbocycles. The third-order valence-electron chi connectivity index (χ3n) is 3.61. The highest BCUT2D eigenvalue weighted by atomic mass is 79.9. The molecule has 2 rings (SSSR count). The summed E-state index contributed by atoms with van der Waals surface area (Å²) in [6.45, 7) is 6.63. The van der Waals surface area contributed by atoms with Gasteiger partial charge in [0.15, 0.2) is 0 Å². The van der Waals surface area contributed by atoms with E-state index in [1.54, 1.807) is 0 Å². The number of hydrogen-bond donors (Lipinski definition) is 1. The molecule has 1 heterocycles. The standard InChI is InChI=1S/C14H20Br2N2O/c1-9-8-19-10(2)7-18(9)14(6-17)11-3-4-12(15)13(16)5-11/h3-5,9-10,14H,6-8,17H2,1-2H3. The van der Waals surface area contributed by atoms with Crippen molar-refractivity contribution in [2.45, 2.75) is 32.0 Å². The van der Waals surface area contributed by atoms with Crippen molar-refractivity contribution in [3.8, 4) is 0 Å². The highest BCUT2D eigenvalue weighted by Crippen LogP contribution is 2.30.